The molecule has 1 heterocycles. The Bertz CT molecular complexity index is 297. The fourth-order valence-corrected chi connectivity index (χ4v) is 2.01. The van der Waals surface area contributed by atoms with Crippen LogP contribution in [0.1, 0.15) is 6.42 Å². The molecule has 1 fully saturated rings. The van der Waals surface area contributed by atoms with Crippen LogP contribution in [0, 0.1) is 5.92 Å². The van der Waals surface area contributed by atoms with E-state index in [0.717, 1.165) is 29.9 Å². The zero-order valence-electron chi connectivity index (χ0n) is 8.00. The second-order valence-corrected chi connectivity index (χ2v) is 4.54. The summed E-state index contributed by atoms with van der Waals surface area (Å²) in [6, 6.07) is 7.99. The summed E-state index contributed by atoms with van der Waals surface area (Å²) in [6.45, 7) is 3.05. The second-order valence-electron chi connectivity index (χ2n) is 3.63. The number of benzene rings is 1. The number of hydrogen-bond donors (Lipinski definition) is 1. The van der Waals surface area contributed by atoms with E-state index in [9.17, 15) is 0 Å². The van der Waals surface area contributed by atoms with E-state index in [1.807, 2.05) is 24.3 Å². The lowest BCUT2D eigenvalue weighted by atomic mass is 10.1. The van der Waals surface area contributed by atoms with Gasteiger partial charge in [-0.3, -0.25) is 0 Å². The third kappa shape index (κ3) is 2.72. The van der Waals surface area contributed by atoms with Crippen LogP contribution in [0.4, 0.5) is 0 Å². The molecule has 0 amide bonds. The van der Waals surface area contributed by atoms with Crippen molar-refractivity contribution in [3.63, 3.8) is 0 Å². The normalized spacial score (nSPS) is 21.1. The van der Waals surface area contributed by atoms with Crippen LogP contribution in [0.15, 0.2) is 28.7 Å². The largest absolute Gasteiger partial charge is 0.493 e. The molecule has 14 heavy (non-hydrogen) atoms. The highest BCUT2D eigenvalue weighted by Crippen LogP contribution is 2.19. The smallest absolute Gasteiger partial charge is 0.120 e. The van der Waals surface area contributed by atoms with Crippen LogP contribution in [0.2, 0.25) is 0 Å². The van der Waals surface area contributed by atoms with Gasteiger partial charge in [0.2, 0.25) is 0 Å². The zero-order valence-corrected chi connectivity index (χ0v) is 9.59. The minimum atomic E-state index is 0.675. The summed E-state index contributed by atoms with van der Waals surface area (Å²) in [5.74, 6) is 1.63. The Balaban J connectivity index is 1.85. The molecule has 0 spiro atoms. The molecule has 2 nitrogen and oxygen atoms in total. The topological polar surface area (TPSA) is 21.3 Å². The minimum Gasteiger partial charge on any atom is -0.493 e. The average Bonchev–Trinajstić information content (AvgIpc) is 2.67. The summed E-state index contributed by atoms with van der Waals surface area (Å²) in [6.07, 6.45) is 1.23. The molecule has 76 valence electrons. The Kier molecular flexibility index (Phi) is 3.43. The van der Waals surface area contributed by atoms with Gasteiger partial charge in [-0.15, -0.1) is 0 Å². The van der Waals surface area contributed by atoms with Gasteiger partial charge >= 0.3 is 0 Å². The molecule has 1 atom stereocenters. The fourth-order valence-electron chi connectivity index (χ4n) is 1.63. The zero-order chi connectivity index (χ0) is 9.80. The molecule has 1 aliphatic rings. The van der Waals surface area contributed by atoms with E-state index < -0.39 is 0 Å². The van der Waals surface area contributed by atoms with E-state index in [0.29, 0.717) is 5.92 Å². The molecule has 1 aliphatic heterocycles. The fraction of sp³-hybridized carbons (Fsp3) is 0.455. The number of nitrogens with one attached hydrogen (secondary N) is 1. The average molecular weight is 256 g/mol. The van der Waals surface area contributed by atoms with Gasteiger partial charge in [0.05, 0.1) is 6.61 Å². The van der Waals surface area contributed by atoms with Gasteiger partial charge in [-0.05, 0) is 31.2 Å². The van der Waals surface area contributed by atoms with Crippen LogP contribution < -0.4 is 10.1 Å². The molecule has 0 radical (unpaired) electrons. The van der Waals surface area contributed by atoms with Gasteiger partial charge in [0.1, 0.15) is 5.75 Å². The van der Waals surface area contributed by atoms with E-state index in [1.54, 1.807) is 0 Å². The number of rotatable bonds is 3. The third-order valence-electron chi connectivity index (χ3n) is 2.44. The molecular formula is C11H14BrNO. The Morgan fingerprint density at radius 2 is 2.43 bits per heavy atom. The maximum absolute atomic E-state index is 5.70. The van der Waals surface area contributed by atoms with E-state index in [-0.39, 0.29) is 0 Å². The third-order valence-corrected chi connectivity index (χ3v) is 2.94. The molecule has 0 saturated carbocycles. The van der Waals surface area contributed by atoms with Crippen LogP contribution in [-0.2, 0) is 0 Å². The van der Waals surface area contributed by atoms with Crippen LogP contribution >= 0.6 is 15.9 Å². The van der Waals surface area contributed by atoms with Gasteiger partial charge in [-0.2, -0.15) is 0 Å². The predicted molar refractivity (Wildman–Crippen MR) is 60.6 cm³/mol. The summed E-state index contributed by atoms with van der Waals surface area (Å²) in [5, 5.41) is 3.33. The van der Waals surface area contributed by atoms with Gasteiger partial charge in [0.25, 0.3) is 0 Å². The van der Waals surface area contributed by atoms with Crippen molar-refractivity contribution in [3.8, 4) is 5.75 Å². The van der Waals surface area contributed by atoms with E-state index in [4.69, 9.17) is 4.74 Å². The summed E-state index contributed by atoms with van der Waals surface area (Å²) < 4.78 is 6.77. The predicted octanol–water partition coefficient (Wildman–Crippen LogP) is 2.44. The van der Waals surface area contributed by atoms with Gasteiger partial charge in [0, 0.05) is 16.9 Å². The maximum Gasteiger partial charge on any atom is 0.120 e. The Morgan fingerprint density at radius 3 is 3.14 bits per heavy atom. The lowest BCUT2D eigenvalue weighted by molar-refractivity contribution is 0.260. The van der Waals surface area contributed by atoms with Crippen molar-refractivity contribution >= 4 is 15.9 Å². The van der Waals surface area contributed by atoms with Crippen LogP contribution in [-0.4, -0.2) is 19.7 Å². The highest BCUT2D eigenvalue weighted by molar-refractivity contribution is 9.10. The first-order valence-corrected chi connectivity index (χ1v) is 5.73. The quantitative estimate of drug-likeness (QED) is 0.896. The number of halogens is 1. The van der Waals surface area contributed by atoms with Crippen molar-refractivity contribution < 1.29 is 4.74 Å². The highest BCUT2D eigenvalue weighted by Gasteiger charge is 2.14. The first kappa shape index (κ1) is 9.99. The van der Waals surface area contributed by atoms with Crippen molar-refractivity contribution in [2.45, 2.75) is 6.42 Å². The van der Waals surface area contributed by atoms with E-state index in [2.05, 4.69) is 21.2 Å². The molecule has 1 unspecified atom stereocenters. The van der Waals surface area contributed by atoms with E-state index >= 15 is 0 Å². The molecule has 1 saturated heterocycles. The molecule has 0 bridgehead atoms. The summed E-state index contributed by atoms with van der Waals surface area (Å²) >= 11 is 3.42. The molecule has 1 aromatic rings. The summed E-state index contributed by atoms with van der Waals surface area (Å²) in [4.78, 5) is 0. The van der Waals surface area contributed by atoms with Crippen molar-refractivity contribution in [1.82, 2.24) is 5.32 Å². The second kappa shape index (κ2) is 4.80. The Labute approximate surface area is 92.8 Å². The minimum absolute atomic E-state index is 0.675. The number of ether oxygens (including phenoxy) is 1. The first-order chi connectivity index (χ1) is 6.84. The van der Waals surface area contributed by atoms with Crippen molar-refractivity contribution in [2.75, 3.05) is 19.7 Å². The van der Waals surface area contributed by atoms with Gasteiger partial charge in [-0.25, -0.2) is 0 Å². The summed E-state index contributed by atoms with van der Waals surface area (Å²) in [5.41, 5.74) is 0. The molecule has 0 aromatic heterocycles. The van der Waals surface area contributed by atoms with Crippen molar-refractivity contribution in [2.24, 2.45) is 5.92 Å². The van der Waals surface area contributed by atoms with Crippen molar-refractivity contribution in [3.05, 3.63) is 28.7 Å². The van der Waals surface area contributed by atoms with Crippen LogP contribution in [0.3, 0.4) is 0 Å². The van der Waals surface area contributed by atoms with Crippen molar-refractivity contribution in [1.29, 1.82) is 0 Å². The monoisotopic (exact) mass is 255 g/mol. The molecular weight excluding hydrogens is 242 g/mol. The van der Waals surface area contributed by atoms with E-state index in [1.165, 1.54) is 6.42 Å². The Morgan fingerprint density at radius 1 is 1.50 bits per heavy atom. The molecule has 2 rings (SSSR count). The van der Waals surface area contributed by atoms with Gasteiger partial charge < -0.3 is 10.1 Å². The van der Waals surface area contributed by atoms with Crippen LogP contribution in [0.5, 0.6) is 5.75 Å². The lowest BCUT2D eigenvalue weighted by Gasteiger charge is -2.10. The van der Waals surface area contributed by atoms with Crippen LogP contribution in [0.25, 0.3) is 0 Å². The Hall–Kier alpha value is -0.540. The summed E-state index contributed by atoms with van der Waals surface area (Å²) in [7, 11) is 0. The first-order valence-electron chi connectivity index (χ1n) is 4.94. The molecule has 3 heteroatoms. The maximum atomic E-state index is 5.70. The molecule has 0 aliphatic carbocycles. The number of hydrogen-bond acceptors (Lipinski definition) is 2. The molecule has 1 aromatic carbocycles. The van der Waals surface area contributed by atoms with Gasteiger partial charge in [0.15, 0.2) is 0 Å². The highest BCUT2D eigenvalue weighted by atomic mass is 79.9. The molecule has 1 N–H and O–H groups in total. The lowest BCUT2D eigenvalue weighted by Crippen LogP contribution is -2.15. The SMILES string of the molecule is Brc1cccc(OCC2CCNC2)c1. The standard InChI is InChI=1S/C11H14BrNO/c12-10-2-1-3-11(6-10)14-8-9-4-5-13-7-9/h1-3,6,9,13H,4-5,7-8H2. The van der Waals surface area contributed by atoms with Gasteiger partial charge in [-0.1, -0.05) is 22.0 Å².